The van der Waals surface area contributed by atoms with Crippen molar-refractivity contribution in [2.45, 2.75) is 26.2 Å². The Balaban J connectivity index is 1.83. The number of nitrogens with zero attached hydrogens (tertiary/aromatic N) is 3. The van der Waals surface area contributed by atoms with Crippen LogP contribution in [0.25, 0.3) is 0 Å². The van der Waals surface area contributed by atoms with Crippen LogP contribution in [-0.4, -0.2) is 27.2 Å². The number of H-pyrrole nitrogens is 1. The Labute approximate surface area is 100 Å². The lowest BCUT2D eigenvalue weighted by molar-refractivity contribution is 0.319. The standard InChI is InChI=1S/C12H16N4O/c1-9(2)10-3-5-11(6-4-10)17-8-7-12-13-15-16-14-12/h3-6,9H,7-8H2,1-2H3,(H,13,14,15,16). The van der Waals surface area contributed by atoms with Gasteiger partial charge in [0.15, 0.2) is 5.82 Å². The predicted octanol–water partition coefficient (Wildman–Crippen LogP) is 1.94. The fourth-order valence-corrected chi connectivity index (χ4v) is 1.50. The van der Waals surface area contributed by atoms with Crippen molar-refractivity contribution in [3.8, 4) is 5.75 Å². The van der Waals surface area contributed by atoms with Gasteiger partial charge < -0.3 is 4.74 Å². The summed E-state index contributed by atoms with van der Waals surface area (Å²) in [6.07, 6.45) is 0.655. The molecule has 0 atom stereocenters. The minimum Gasteiger partial charge on any atom is -0.493 e. The van der Waals surface area contributed by atoms with E-state index < -0.39 is 0 Å². The van der Waals surface area contributed by atoms with E-state index in [9.17, 15) is 0 Å². The van der Waals surface area contributed by atoms with Crippen molar-refractivity contribution in [3.05, 3.63) is 35.7 Å². The molecule has 0 saturated heterocycles. The fraction of sp³-hybridized carbons (Fsp3) is 0.417. The van der Waals surface area contributed by atoms with Crippen LogP contribution in [0.3, 0.4) is 0 Å². The van der Waals surface area contributed by atoms with E-state index in [-0.39, 0.29) is 0 Å². The summed E-state index contributed by atoms with van der Waals surface area (Å²) in [4.78, 5) is 0. The SMILES string of the molecule is CC(C)c1ccc(OCCc2nn[nH]n2)cc1. The van der Waals surface area contributed by atoms with Gasteiger partial charge in [-0.1, -0.05) is 31.2 Å². The van der Waals surface area contributed by atoms with Gasteiger partial charge in [0.2, 0.25) is 0 Å². The normalized spacial score (nSPS) is 10.8. The van der Waals surface area contributed by atoms with E-state index in [2.05, 4.69) is 46.6 Å². The smallest absolute Gasteiger partial charge is 0.177 e. The Bertz CT molecular complexity index is 436. The first-order valence-corrected chi connectivity index (χ1v) is 5.71. The molecule has 0 amide bonds. The highest BCUT2D eigenvalue weighted by Crippen LogP contribution is 2.18. The number of hydrogen-bond donors (Lipinski definition) is 1. The molecular weight excluding hydrogens is 216 g/mol. The largest absolute Gasteiger partial charge is 0.493 e. The average molecular weight is 232 g/mol. The summed E-state index contributed by atoms with van der Waals surface area (Å²) < 4.78 is 5.59. The molecule has 90 valence electrons. The van der Waals surface area contributed by atoms with Crippen LogP contribution in [0, 0.1) is 0 Å². The maximum atomic E-state index is 5.59. The molecule has 0 radical (unpaired) electrons. The van der Waals surface area contributed by atoms with Crippen LogP contribution in [-0.2, 0) is 6.42 Å². The second kappa shape index (κ2) is 5.43. The van der Waals surface area contributed by atoms with Crippen molar-refractivity contribution in [3.63, 3.8) is 0 Å². The van der Waals surface area contributed by atoms with Crippen molar-refractivity contribution >= 4 is 0 Å². The molecule has 0 aliphatic carbocycles. The lowest BCUT2D eigenvalue weighted by atomic mass is 10.0. The Morgan fingerprint density at radius 1 is 1.24 bits per heavy atom. The minimum absolute atomic E-state index is 0.545. The zero-order chi connectivity index (χ0) is 12.1. The van der Waals surface area contributed by atoms with Gasteiger partial charge in [-0.15, -0.1) is 10.2 Å². The quantitative estimate of drug-likeness (QED) is 0.855. The summed E-state index contributed by atoms with van der Waals surface area (Å²) in [6, 6.07) is 8.17. The van der Waals surface area contributed by atoms with Crippen LogP contribution in [0.15, 0.2) is 24.3 Å². The average Bonchev–Trinajstić information content (AvgIpc) is 2.83. The summed E-state index contributed by atoms with van der Waals surface area (Å²) >= 11 is 0. The van der Waals surface area contributed by atoms with Gasteiger partial charge in [0, 0.05) is 6.42 Å². The van der Waals surface area contributed by atoms with Crippen LogP contribution in [0.5, 0.6) is 5.75 Å². The van der Waals surface area contributed by atoms with Crippen molar-refractivity contribution in [2.24, 2.45) is 0 Å². The third kappa shape index (κ3) is 3.27. The molecule has 0 unspecified atom stereocenters. The topological polar surface area (TPSA) is 63.7 Å². The van der Waals surface area contributed by atoms with E-state index in [4.69, 9.17) is 4.74 Å². The zero-order valence-corrected chi connectivity index (χ0v) is 10.1. The summed E-state index contributed by atoms with van der Waals surface area (Å²) in [5.41, 5.74) is 1.32. The third-order valence-corrected chi connectivity index (χ3v) is 2.53. The van der Waals surface area contributed by atoms with E-state index in [0.29, 0.717) is 24.8 Å². The molecule has 0 saturated carbocycles. The Kier molecular flexibility index (Phi) is 3.69. The second-order valence-electron chi connectivity index (χ2n) is 4.15. The van der Waals surface area contributed by atoms with E-state index in [1.54, 1.807) is 0 Å². The maximum absolute atomic E-state index is 5.59. The fourth-order valence-electron chi connectivity index (χ4n) is 1.50. The summed E-state index contributed by atoms with van der Waals surface area (Å²) in [5.74, 6) is 2.09. The number of aromatic amines is 1. The molecule has 2 aromatic rings. The maximum Gasteiger partial charge on any atom is 0.177 e. The van der Waals surface area contributed by atoms with Gasteiger partial charge in [0.25, 0.3) is 0 Å². The molecule has 1 N–H and O–H groups in total. The van der Waals surface area contributed by atoms with Crippen molar-refractivity contribution < 1.29 is 4.74 Å². The Hall–Kier alpha value is -1.91. The lowest BCUT2D eigenvalue weighted by Crippen LogP contribution is -2.03. The number of aromatic nitrogens is 4. The Morgan fingerprint density at radius 3 is 2.59 bits per heavy atom. The van der Waals surface area contributed by atoms with E-state index in [1.807, 2.05) is 12.1 Å². The predicted molar refractivity (Wildman–Crippen MR) is 63.9 cm³/mol. The van der Waals surface area contributed by atoms with Crippen LogP contribution in [0.4, 0.5) is 0 Å². The van der Waals surface area contributed by atoms with E-state index in [1.165, 1.54) is 5.56 Å². The molecule has 0 fully saturated rings. The summed E-state index contributed by atoms with van der Waals surface area (Å²) in [5, 5.41) is 13.6. The van der Waals surface area contributed by atoms with Crippen molar-refractivity contribution in [1.29, 1.82) is 0 Å². The molecule has 1 heterocycles. The van der Waals surface area contributed by atoms with Gasteiger partial charge in [0.1, 0.15) is 5.75 Å². The molecule has 1 aromatic carbocycles. The molecule has 2 rings (SSSR count). The highest BCUT2D eigenvalue weighted by atomic mass is 16.5. The van der Waals surface area contributed by atoms with Crippen molar-refractivity contribution in [1.82, 2.24) is 20.6 Å². The van der Waals surface area contributed by atoms with Crippen LogP contribution >= 0.6 is 0 Å². The van der Waals surface area contributed by atoms with Crippen LogP contribution in [0.1, 0.15) is 31.2 Å². The van der Waals surface area contributed by atoms with Gasteiger partial charge in [-0.3, -0.25) is 0 Å². The number of ether oxygens (including phenoxy) is 1. The van der Waals surface area contributed by atoms with E-state index in [0.717, 1.165) is 5.75 Å². The highest BCUT2D eigenvalue weighted by molar-refractivity contribution is 5.28. The molecule has 5 nitrogen and oxygen atoms in total. The molecule has 0 bridgehead atoms. The van der Waals surface area contributed by atoms with Gasteiger partial charge >= 0.3 is 0 Å². The number of tetrazole rings is 1. The van der Waals surface area contributed by atoms with Crippen molar-refractivity contribution in [2.75, 3.05) is 6.61 Å². The Morgan fingerprint density at radius 2 is 2.00 bits per heavy atom. The summed E-state index contributed by atoms with van der Waals surface area (Å²) in [6.45, 7) is 4.90. The van der Waals surface area contributed by atoms with Gasteiger partial charge in [0.05, 0.1) is 6.61 Å². The third-order valence-electron chi connectivity index (χ3n) is 2.53. The molecule has 0 aliphatic heterocycles. The molecule has 0 aliphatic rings. The first-order valence-electron chi connectivity index (χ1n) is 5.71. The number of rotatable bonds is 5. The lowest BCUT2D eigenvalue weighted by Gasteiger charge is -2.07. The number of nitrogens with one attached hydrogen (secondary N) is 1. The van der Waals surface area contributed by atoms with Gasteiger partial charge in [-0.05, 0) is 23.6 Å². The van der Waals surface area contributed by atoms with Gasteiger partial charge in [-0.2, -0.15) is 5.21 Å². The highest BCUT2D eigenvalue weighted by Gasteiger charge is 2.01. The monoisotopic (exact) mass is 232 g/mol. The number of hydrogen-bond acceptors (Lipinski definition) is 4. The van der Waals surface area contributed by atoms with Gasteiger partial charge in [-0.25, -0.2) is 0 Å². The molecular formula is C12H16N4O. The summed E-state index contributed by atoms with van der Waals surface area (Å²) in [7, 11) is 0. The second-order valence-corrected chi connectivity index (χ2v) is 4.15. The van der Waals surface area contributed by atoms with Crippen LogP contribution in [0.2, 0.25) is 0 Å². The first kappa shape index (κ1) is 11.6. The molecule has 5 heteroatoms. The minimum atomic E-state index is 0.545. The first-order chi connectivity index (χ1) is 8.25. The molecule has 17 heavy (non-hydrogen) atoms. The molecule has 1 aromatic heterocycles. The van der Waals surface area contributed by atoms with E-state index >= 15 is 0 Å². The number of benzene rings is 1. The zero-order valence-electron chi connectivity index (χ0n) is 10.1. The van der Waals surface area contributed by atoms with Crippen LogP contribution < -0.4 is 4.74 Å². The molecule has 0 spiro atoms.